The molecule has 0 aromatic heterocycles. The molecule has 1 N–H and O–H groups in total. The van der Waals surface area contributed by atoms with Crippen molar-refractivity contribution in [2.75, 3.05) is 10.6 Å². The first-order chi connectivity index (χ1) is 17.2. The van der Waals surface area contributed by atoms with Crippen LogP contribution < -0.4 is 14.4 Å². The first-order valence-electron chi connectivity index (χ1n) is 12.1. The van der Waals surface area contributed by atoms with Gasteiger partial charge < -0.3 is 10.1 Å². The highest BCUT2D eigenvalue weighted by Gasteiger charge is 2.39. The smallest absolute Gasteiger partial charge is 0.251 e. The first kappa shape index (κ1) is 26.0. The molecule has 8 heteroatoms. The van der Waals surface area contributed by atoms with Gasteiger partial charge in [-0.15, -0.1) is 0 Å². The fraction of sp³-hybridized carbons (Fsp3) is 0.321. The molecular formula is C28H31ClN2O4S. The second kappa shape index (κ2) is 10.5. The van der Waals surface area contributed by atoms with E-state index in [9.17, 15) is 13.2 Å². The molecule has 1 amide bonds. The van der Waals surface area contributed by atoms with Crippen LogP contribution in [-0.2, 0) is 16.6 Å². The van der Waals surface area contributed by atoms with Crippen LogP contribution in [0.2, 0.25) is 5.02 Å². The molecule has 0 unspecified atom stereocenters. The van der Waals surface area contributed by atoms with Crippen molar-refractivity contribution in [3.8, 4) is 5.75 Å². The van der Waals surface area contributed by atoms with Gasteiger partial charge in [0.1, 0.15) is 11.4 Å². The Morgan fingerprint density at radius 3 is 2.31 bits per heavy atom. The predicted octanol–water partition coefficient (Wildman–Crippen LogP) is 6.12. The van der Waals surface area contributed by atoms with E-state index in [-0.39, 0.29) is 24.1 Å². The fourth-order valence-corrected chi connectivity index (χ4v) is 5.71. The van der Waals surface area contributed by atoms with Gasteiger partial charge in [0.15, 0.2) is 0 Å². The Hall–Kier alpha value is -3.03. The van der Waals surface area contributed by atoms with Crippen molar-refractivity contribution < 1.29 is 17.9 Å². The number of sulfonamides is 1. The zero-order valence-electron chi connectivity index (χ0n) is 20.7. The van der Waals surface area contributed by atoms with Gasteiger partial charge in [-0.25, -0.2) is 8.42 Å². The number of hydrogen-bond donors (Lipinski definition) is 1. The van der Waals surface area contributed by atoms with Crippen molar-refractivity contribution in [1.82, 2.24) is 5.32 Å². The molecule has 0 saturated carbocycles. The van der Waals surface area contributed by atoms with Gasteiger partial charge in [0.25, 0.3) is 5.91 Å². The van der Waals surface area contributed by atoms with Crippen LogP contribution in [0.3, 0.4) is 0 Å². The minimum atomic E-state index is -3.58. The normalized spacial score (nSPS) is 16.5. The van der Waals surface area contributed by atoms with Gasteiger partial charge in [0.05, 0.1) is 24.5 Å². The third-order valence-electron chi connectivity index (χ3n) is 6.88. The number of nitrogens with zero attached hydrogens (tertiary/aromatic N) is 1. The first-order valence-corrected chi connectivity index (χ1v) is 14.3. The van der Waals surface area contributed by atoms with Crippen molar-refractivity contribution in [1.29, 1.82) is 0 Å². The molecule has 36 heavy (non-hydrogen) atoms. The van der Waals surface area contributed by atoms with Gasteiger partial charge >= 0.3 is 0 Å². The summed E-state index contributed by atoms with van der Waals surface area (Å²) in [6.45, 7) is 4.30. The number of amides is 1. The second-order valence-electron chi connectivity index (χ2n) is 9.17. The maximum Gasteiger partial charge on any atom is 0.251 e. The highest BCUT2D eigenvalue weighted by Crippen LogP contribution is 2.42. The molecule has 190 valence electrons. The van der Waals surface area contributed by atoms with Gasteiger partial charge in [-0.3, -0.25) is 9.10 Å². The number of nitrogens with one attached hydrogen (secondary N) is 1. The zero-order valence-corrected chi connectivity index (χ0v) is 22.3. The average Bonchev–Trinajstić information content (AvgIpc) is 2.87. The summed E-state index contributed by atoms with van der Waals surface area (Å²) in [5, 5.41) is 3.67. The van der Waals surface area contributed by atoms with E-state index in [1.807, 2.05) is 30.3 Å². The number of benzene rings is 3. The third-order valence-corrected chi connectivity index (χ3v) is 8.39. The molecule has 3 aromatic rings. The monoisotopic (exact) mass is 526 g/mol. The molecule has 0 saturated heterocycles. The number of anilines is 1. The molecule has 1 aliphatic heterocycles. The van der Waals surface area contributed by atoms with Crippen molar-refractivity contribution in [2.45, 2.75) is 51.3 Å². The van der Waals surface area contributed by atoms with Gasteiger partial charge in [0, 0.05) is 22.6 Å². The molecule has 6 nitrogen and oxygen atoms in total. The van der Waals surface area contributed by atoms with Crippen LogP contribution >= 0.6 is 11.6 Å². The summed E-state index contributed by atoms with van der Waals surface area (Å²) in [5.74, 6) is 0.581. The summed E-state index contributed by atoms with van der Waals surface area (Å²) in [6, 6.07) is 21.3. The Morgan fingerprint density at radius 1 is 1.03 bits per heavy atom. The van der Waals surface area contributed by atoms with E-state index < -0.39 is 10.0 Å². The van der Waals surface area contributed by atoms with Crippen LogP contribution in [0.25, 0.3) is 0 Å². The van der Waals surface area contributed by atoms with E-state index in [0.29, 0.717) is 28.3 Å². The number of carbonyl (C=O) groups is 1. The predicted molar refractivity (Wildman–Crippen MR) is 144 cm³/mol. The molecule has 0 aliphatic carbocycles. The molecular weight excluding hydrogens is 496 g/mol. The van der Waals surface area contributed by atoms with Gasteiger partial charge in [-0.05, 0) is 54.8 Å². The number of carbonyl (C=O) groups excluding carboxylic acids is 1. The van der Waals surface area contributed by atoms with E-state index >= 15 is 0 Å². The molecule has 3 aromatic carbocycles. The summed E-state index contributed by atoms with van der Waals surface area (Å²) < 4.78 is 32.7. The molecule has 1 heterocycles. The quantitative estimate of drug-likeness (QED) is 0.383. The van der Waals surface area contributed by atoms with E-state index in [2.05, 4.69) is 19.2 Å². The maximum atomic E-state index is 13.2. The highest BCUT2D eigenvalue weighted by atomic mass is 35.5. The number of halogens is 1. The Morgan fingerprint density at radius 2 is 1.67 bits per heavy atom. The molecule has 1 atom stereocenters. The van der Waals surface area contributed by atoms with Crippen molar-refractivity contribution >= 4 is 33.2 Å². The van der Waals surface area contributed by atoms with Crippen LogP contribution in [0, 0.1) is 0 Å². The minimum absolute atomic E-state index is 0.0963. The Labute approximate surface area is 218 Å². The number of para-hydroxylation sites is 1. The number of fused-ring (bicyclic) bond motifs is 1. The Balaban J connectivity index is 1.56. The second-order valence-corrected chi connectivity index (χ2v) is 11.5. The summed E-state index contributed by atoms with van der Waals surface area (Å²) in [7, 11) is -3.58. The lowest BCUT2D eigenvalue weighted by Gasteiger charge is -2.41. The van der Waals surface area contributed by atoms with Crippen LogP contribution in [0.4, 0.5) is 5.69 Å². The SMILES string of the molecule is CCC1(CC)C[C@H](NC(=O)c2ccc(N(Cc3ccccc3Cl)S(C)(=O)=O)cc2)c2ccccc2O1. The number of rotatable bonds is 8. The lowest BCUT2D eigenvalue weighted by atomic mass is 9.83. The van der Waals surface area contributed by atoms with Crippen molar-refractivity contribution in [3.63, 3.8) is 0 Å². The minimum Gasteiger partial charge on any atom is -0.487 e. The molecule has 0 spiro atoms. The molecule has 0 radical (unpaired) electrons. The van der Waals surface area contributed by atoms with Gasteiger partial charge in [-0.2, -0.15) is 0 Å². The van der Waals surface area contributed by atoms with E-state index in [1.165, 1.54) is 4.31 Å². The van der Waals surface area contributed by atoms with E-state index in [0.717, 1.165) is 30.4 Å². The summed E-state index contributed by atoms with van der Waals surface area (Å²) in [6.07, 6.45) is 3.51. The number of ether oxygens (including phenoxy) is 1. The topological polar surface area (TPSA) is 75.7 Å². The lowest BCUT2D eigenvalue weighted by molar-refractivity contribution is 0.0227. The third kappa shape index (κ3) is 5.52. The Bertz CT molecular complexity index is 1340. The molecule has 0 bridgehead atoms. The highest BCUT2D eigenvalue weighted by molar-refractivity contribution is 7.92. The van der Waals surface area contributed by atoms with Crippen LogP contribution in [0.1, 0.15) is 60.6 Å². The molecule has 4 rings (SSSR count). The summed E-state index contributed by atoms with van der Waals surface area (Å²) in [5.41, 5.74) is 2.24. The van der Waals surface area contributed by atoms with Crippen molar-refractivity contribution in [3.05, 3.63) is 94.5 Å². The number of hydrogen-bond acceptors (Lipinski definition) is 4. The van der Waals surface area contributed by atoms with E-state index in [1.54, 1.807) is 42.5 Å². The molecule has 1 aliphatic rings. The molecule has 0 fully saturated rings. The van der Waals surface area contributed by atoms with E-state index in [4.69, 9.17) is 16.3 Å². The largest absolute Gasteiger partial charge is 0.487 e. The summed E-state index contributed by atoms with van der Waals surface area (Å²) in [4.78, 5) is 13.2. The Kier molecular flexibility index (Phi) is 7.62. The zero-order chi connectivity index (χ0) is 25.9. The van der Waals surface area contributed by atoms with Crippen LogP contribution in [-0.4, -0.2) is 26.2 Å². The fourth-order valence-electron chi connectivity index (χ4n) is 4.63. The average molecular weight is 527 g/mol. The van der Waals surface area contributed by atoms with Crippen molar-refractivity contribution in [2.24, 2.45) is 0 Å². The van der Waals surface area contributed by atoms with Gasteiger partial charge in [0.2, 0.25) is 10.0 Å². The summed E-state index contributed by atoms with van der Waals surface area (Å²) >= 11 is 6.26. The van der Waals surface area contributed by atoms with Crippen LogP contribution in [0.15, 0.2) is 72.8 Å². The van der Waals surface area contributed by atoms with Gasteiger partial charge in [-0.1, -0.05) is 61.8 Å². The maximum absolute atomic E-state index is 13.2. The lowest BCUT2D eigenvalue weighted by Crippen LogP contribution is -2.44. The standard InChI is InChI=1S/C28H31ClN2O4S/c1-4-28(5-2)18-25(23-11-7-9-13-26(23)35-28)30-27(32)20-14-16-22(17-15-20)31(36(3,33)34)19-21-10-6-8-12-24(21)29/h6-17,25H,4-5,18-19H2,1-3H3,(H,30,32)/t25-/m0/s1. The van der Waals surface area contributed by atoms with Crippen LogP contribution in [0.5, 0.6) is 5.75 Å².